The molecule has 0 amide bonds. The van der Waals surface area contributed by atoms with Gasteiger partial charge in [-0.3, -0.25) is 0 Å². The quantitative estimate of drug-likeness (QED) is 0.769. The third-order valence-electron chi connectivity index (χ3n) is 3.05. The number of methoxy groups -OCH3 is 1. The van der Waals surface area contributed by atoms with Gasteiger partial charge in [0.05, 0.1) is 28.9 Å². The van der Waals surface area contributed by atoms with Crippen LogP contribution in [0.3, 0.4) is 0 Å². The molecule has 0 aliphatic heterocycles. The maximum atomic E-state index is 12.3. The van der Waals surface area contributed by atoms with Crippen LogP contribution in [-0.2, 0) is 11.0 Å². The summed E-state index contributed by atoms with van der Waals surface area (Å²) in [6, 6.07) is 7.82. The van der Waals surface area contributed by atoms with Crippen molar-refractivity contribution < 1.29 is 8.95 Å². The van der Waals surface area contributed by atoms with Crippen molar-refractivity contribution in [3.8, 4) is 5.75 Å². The highest BCUT2D eigenvalue weighted by Crippen LogP contribution is 2.21. The zero-order valence-corrected chi connectivity index (χ0v) is 14.5. The maximum absolute atomic E-state index is 12.3. The first-order valence-corrected chi connectivity index (χ1v) is 8.52. The number of nitrogens with one attached hydrogen (secondary N) is 1. The van der Waals surface area contributed by atoms with E-state index < -0.39 is 11.0 Å². The summed E-state index contributed by atoms with van der Waals surface area (Å²) in [6.07, 6.45) is 6.36. The average Bonchev–Trinajstić information content (AvgIpc) is 2.45. The molecule has 118 valence electrons. The SMILES string of the molecule is CCC/C=C/[C@@H](N[S@](=O)C(C)(C)C)c1ccc(OC)cc1. The molecule has 0 saturated carbocycles. The van der Waals surface area contributed by atoms with E-state index in [1.165, 1.54) is 0 Å². The van der Waals surface area contributed by atoms with Crippen LogP contribution in [0.2, 0.25) is 0 Å². The summed E-state index contributed by atoms with van der Waals surface area (Å²) in [5.41, 5.74) is 1.08. The standard InChI is InChI=1S/C17H27NO2S/c1-6-7-8-9-16(18-21(19)17(2,3)4)14-10-12-15(20-5)13-11-14/h8-13,16,18H,6-7H2,1-5H3/b9-8+/t16-,21-/m1/s1. The van der Waals surface area contributed by atoms with Crippen LogP contribution in [-0.4, -0.2) is 16.1 Å². The molecule has 4 heteroatoms. The Hall–Kier alpha value is -1.13. The second-order valence-corrected chi connectivity index (χ2v) is 7.96. The minimum Gasteiger partial charge on any atom is -0.497 e. The second-order valence-electron chi connectivity index (χ2n) is 5.97. The van der Waals surface area contributed by atoms with Crippen LogP contribution < -0.4 is 9.46 Å². The number of rotatable bonds is 7. The Balaban J connectivity index is 2.92. The normalized spacial score (nSPS) is 15.1. The molecule has 1 aromatic rings. The molecule has 2 atom stereocenters. The van der Waals surface area contributed by atoms with Gasteiger partial charge >= 0.3 is 0 Å². The van der Waals surface area contributed by atoms with Crippen molar-refractivity contribution in [1.29, 1.82) is 0 Å². The molecule has 0 spiro atoms. The fraction of sp³-hybridized carbons (Fsp3) is 0.529. The van der Waals surface area contributed by atoms with Gasteiger partial charge in [0.1, 0.15) is 5.75 Å². The predicted octanol–water partition coefficient (Wildman–Crippen LogP) is 4.14. The molecule has 0 unspecified atom stereocenters. The smallest absolute Gasteiger partial charge is 0.118 e. The monoisotopic (exact) mass is 309 g/mol. The lowest BCUT2D eigenvalue weighted by Crippen LogP contribution is -2.35. The molecule has 0 aliphatic rings. The third-order valence-corrected chi connectivity index (χ3v) is 4.63. The highest BCUT2D eigenvalue weighted by atomic mass is 32.2. The van der Waals surface area contributed by atoms with Crippen LogP contribution in [0, 0.1) is 0 Å². The van der Waals surface area contributed by atoms with Gasteiger partial charge in [0, 0.05) is 0 Å². The van der Waals surface area contributed by atoms with Crippen molar-refractivity contribution in [2.45, 2.75) is 51.3 Å². The molecule has 0 aromatic heterocycles. The van der Waals surface area contributed by atoms with Crippen LogP contribution >= 0.6 is 0 Å². The van der Waals surface area contributed by atoms with E-state index in [9.17, 15) is 4.21 Å². The van der Waals surface area contributed by atoms with Gasteiger partial charge in [-0.15, -0.1) is 0 Å². The van der Waals surface area contributed by atoms with E-state index in [2.05, 4.69) is 23.8 Å². The van der Waals surface area contributed by atoms with Gasteiger partial charge in [0.2, 0.25) is 0 Å². The molecule has 1 N–H and O–H groups in total. The Morgan fingerprint density at radius 1 is 1.29 bits per heavy atom. The second kappa shape index (κ2) is 8.35. The number of ether oxygens (including phenoxy) is 1. The van der Waals surface area contributed by atoms with Crippen molar-refractivity contribution in [2.75, 3.05) is 7.11 Å². The first kappa shape index (κ1) is 17.9. The van der Waals surface area contributed by atoms with Crippen molar-refractivity contribution in [1.82, 2.24) is 4.72 Å². The molecule has 0 radical (unpaired) electrons. The fourth-order valence-corrected chi connectivity index (χ4v) is 2.52. The molecule has 3 nitrogen and oxygen atoms in total. The van der Waals surface area contributed by atoms with Crippen LogP contribution in [0.1, 0.15) is 52.1 Å². The number of hydrogen-bond acceptors (Lipinski definition) is 2. The Morgan fingerprint density at radius 2 is 1.90 bits per heavy atom. The van der Waals surface area contributed by atoms with Crippen LogP contribution in [0.5, 0.6) is 5.75 Å². The number of unbranched alkanes of at least 4 members (excludes halogenated alkanes) is 1. The van der Waals surface area contributed by atoms with E-state index in [1.807, 2.05) is 45.0 Å². The molecule has 0 aliphatic carbocycles. The summed E-state index contributed by atoms with van der Waals surface area (Å²) < 4.78 is 20.5. The van der Waals surface area contributed by atoms with Crippen LogP contribution in [0.15, 0.2) is 36.4 Å². The van der Waals surface area contributed by atoms with E-state index >= 15 is 0 Å². The summed E-state index contributed by atoms with van der Waals surface area (Å²) in [4.78, 5) is 0. The van der Waals surface area contributed by atoms with Crippen molar-refractivity contribution in [2.24, 2.45) is 0 Å². The van der Waals surface area contributed by atoms with Gasteiger partial charge in [-0.25, -0.2) is 8.93 Å². The summed E-state index contributed by atoms with van der Waals surface area (Å²) in [5, 5.41) is 0. The summed E-state index contributed by atoms with van der Waals surface area (Å²) in [5.74, 6) is 0.826. The van der Waals surface area contributed by atoms with E-state index in [1.54, 1.807) is 7.11 Å². The number of hydrogen-bond donors (Lipinski definition) is 1. The minimum absolute atomic E-state index is 0.0532. The van der Waals surface area contributed by atoms with Crippen molar-refractivity contribution >= 4 is 11.0 Å². The minimum atomic E-state index is -1.11. The highest BCUT2D eigenvalue weighted by molar-refractivity contribution is 7.84. The molecule has 0 fully saturated rings. The van der Waals surface area contributed by atoms with Gasteiger partial charge in [0.15, 0.2) is 0 Å². The van der Waals surface area contributed by atoms with E-state index in [-0.39, 0.29) is 10.8 Å². The Bertz CT molecular complexity index is 475. The summed E-state index contributed by atoms with van der Waals surface area (Å²) >= 11 is 0. The number of allylic oxidation sites excluding steroid dienone is 1. The van der Waals surface area contributed by atoms with Gasteiger partial charge in [0.25, 0.3) is 0 Å². The van der Waals surface area contributed by atoms with Gasteiger partial charge in [-0.05, 0) is 44.9 Å². The van der Waals surface area contributed by atoms with Gasteiger partial charge in [-0.1, -0.05) is 37.6 Å². The van der Waals surface area contributed by atoms with Gasteiger partial charge in [-0.2, -0.15) is 0 Å². The van der Waals surface area contributed by atoms with E-state index in [0.717, 1.165) is 24.2 Å². The largest absolute Gasteiger partial charge is 0.497 e. The molecule has 0 heterocycles. The highest BCUT2D eigenvalue weighted by Gasteiger charge is 2.22. The molecular formula is C17H27NO2S. The van der Waals surface area contributed by atoms with Crippen molar-refractivity contribution in [3.63, 3.8) is 0 Å². The average molecular weight is 309 g/mol. The fourth-order valence-electron chi connectivity index (χ4n) is 1.72. The lowest BCUT2D eigenvalue weighted by atomic mass is 10.1. The predicted molar refractivity (Wildman–Crippen MR) is 90.8 cm³/mol. The summed E-state index contributed by atoms with van der Waals surface area (Å²) in [6.45, 7) is 8.05. The Kier molecular flexibility index (Phi) is 7.12. The zero-order valence-electron chi connectivity index (χ0n) is 13.7. The number of benzene rings is 1. The lowest BCUT2D eigenvalue weighted by molar-refractivity contribution is 0.414. The first-order valence-electron chi connectivity index (χ1n) is 7.37. The topological polar surface area (TPSA) is 38.3 Å². The van der Waals surface area contributed by atoms with E-state index in [0.29, 0.717) is 0 Å². The van der Waals surface area contributed by atoms with Gasteiger partial charge < -0.3 is 4.74 Å². The van der Waals surface area contributed by atoms with Crippen LogP contribution in [0.4, 0.5) is 0 Å². The Labute approximate surface area is 131 Å². The Morgan fingerprint density at radius 3 is 2.38 bits per heavy atom. The molecule has 21 heavy (non-hydrogen) atoms. The van der Waals surface area contributed by atoms with Crippen LogP contribution in [0.25, 0.3) is 0 Å². The molecule has 1 aromatic carbocycles. The lowest BCUT2D eigenvalue weighted by Gasteiger charge is -2.23. The summed E-state index contributed by atoms with van der Waals surface area (Å²) in [7, 11) is 0.540. The van der Waals surface area contributed by atoms with E-state index in [4.69, 9.17) is 4.74 Å². The molecule has 0 saturated heterocycles. The first-order chi connectivity index (χ1) is 9.88. The molecule has 1 rings (SSSR count). The molecule has 0 bridgehead atoms. The van der Waals surface area contributed by atoms with Crippen molar-refractivity contribution in [3.05, 3.63) is 42.0 Å². The molecular weight excluding hydrogens is 282 g/mol. The third kappa shape index (κ3) is 6.02. The zero-order chi connectivity index (χ0) is 15.9. The maximum Gasteiger partial charge on any atom is 0.118 e.